The van der Waals surface area contributed by atoms with Crippen molar-refractivity contribution >= 4 is 0 Å². The van der Waals surface area contributed by atoms with Crippen LogP contribution in [-0.4, -0.2) is 19.9 Å². The Morgan fingerprint density at radius 2 is 1.67 bits per heavy atom. The first kappa shape index (κ1) is 9.67. The molecule has 15 heavy (non-hydrogen) atoms. The van der Waals surface area contributed by atoms with E-state index in [1.54, 1.807) is 30.9 Å². The molecule has 2 aromatic rings. The molecule has 2 N–H and O–H groups in total. The Hall–Kier alpha value is -1.88. The van der Waals surface area contributed by atoms with Crippen molar-refractivity contribution in [2.45, 2.75) is 13.0 Å². The molecule has 1 atom stereocenters. The topological polar surface area (TPSA) is 77.6 Å². The molecule has 0 aliphatic rings. The second kappa shape index (κ2) is 4.10. The Kier molecular flexibility index (Phi) is 2.64. The molecule has 0 amide bonds. The van der Waals surface area contributed by atoms with Crippen molar-refractivity contribution in [2.75, 3.05) is 0 Å². The minimum atomic E-state index is -0.183. The lowest BCUT2D eigenvalue weighted by Gasteiger charge is -2.08. The first-order valence-electron chi connectivity index (χ1n) is 4.63. The predicted octanol–water partition coefficient (Wildman–Crippen LogP) is 0.953. The van der Waals surface area contributed by atoms with Gasteiger partial charge in [0.05, 0.1) is 5.69 Å². The van der Waals surface area contributed by atoms with Crippen LogP contribution in [0.15, 0.2) is 30.9 Å². The predicted molar refractivity (Wildman–Crippen MR) is 55.7 cm³/mol. The normalized spacial score (nSPS) is 12.4. The summed E-state index contributed by atoms with van der Waals surface area (Å²) in [4.78, 5) is 16.6. The van der Waals surface area contributed by atoms with Crippen LogP contribution in [0.3, 0.4) is 0 Å². The average molecular weight is 201 g/mol. The minimum Gasteiger partial charge on any atom is -0.323 e. The number of hydrogen-bond donors (Lipinski definition) is 1. The maximum atomic E-state index is 5.79. The van der Waals surface area contributed by atoms with Gasteiger partial charge in [-0.15, -0.1) is 0 Å². The Balaban J connectivity index is 2.53. The van der Waals surface area contributed by atoms with Gasteiger partial charge in [0.15, 0.2) is 5.82 Å². The fourth-order valence-electron chi connectivity index (χ4n) is 1.28. The van der Waals surface area contributed by atoms with Crippen molar-refractivity contribution in [3.8, 4) is 11.5 Å². The maximum absolute atomic E-state index is 5.79. The van der Waals surface area contributed by atoms with Gasteiger partial charge < -0.3 is 5.73 Å². The van der Waals surface area contributed by atoms with Crippen LogP contribution in [0.1, 0.15) is 18.7 Å². The standard InChI is InChI=1S/C10H11N5/c1-7(11)8-9(13-6-5-12-8)10-14-3-2-4-15-10/h2-7H,11H2,1H3/t7-/m0/s1. The van der Waals surface area contributed by atoms with Crippen molar-refractivity contribution in [1.82, 2.24) is 19.9 Å². The highest BCUT2D eigenvalue weighted by atomic mass is 14.9. The molecular formula is C10H11N5. The smallest absolute Gasteiger partial charge is 0.180 e. The van der Waals surface area contributed by atoms with Gasteiger partial charge in [0.1, 0.15) is 5.69 Å². The Morgan fingerprint density at radius 3 is 2.33 bits per heavy atom. The van der Waals surface area contributed by atoms with Crippen molar-refractivity contribution in [2.24, 2.45) is 5.73 Å². The molecule has 5 nitrogen and oxygen atoms in total. The first-order valence-corrected chi connectivity index (χ1v) is 4.63. The highest BCUT2D eigenvalue weighted by Crippen LogP contribution is 2.18. The van der Waals surface area contributed by atoms with Crippen LogP contribution >= 0.6 is 0 Å². The van der Waals surface area contributed by atoms with Gasteiger partial charge in [-0.05, 0) is 13.0 Å². The molecule has 0 aliphatic heterocycles. The summed E-state index contributed by atoms with van der Waals surface area (Å²) in [5, 5.41) is 0. The number of nitrogens with zero attached hydrogens (tertiary/aromatic N) is 4. The summed E-state index contributed by atoms with van der Waals surface area (Å²) in [6, 6.07) is 1.57. The van der Waals surface area contributed by atoms with Gasteiger partial charge in [-0.3, -0.25) is 4.98 Å². The fourth-order valence-corrected chi connectivity index (χ4v) is 1.28. The van der Waals surface area contributed by atoms with Crippen molar-refractivity contribution in [1.29, 1.82) is 0 Å². The third-order valence-corrected chi connectivity index (χ3v) is 1.94. The number of hydrogen-bond acceptors (Lipinski definition) is 5. The van der Waals surface area contributed by atoms with E-state index in [0.29, 0.717) is 17.2 Å². The maximum Gasteiger partial charge on any atom is 0.180 e. The Bertz CT molecular complexity index is 441. The average Bonchev–Trinajstić information content (AvgIpc) is 2.30. The summed E-state index contributed by atoms with van der Waals surface area (Å²) >= 11 is 0. The van der Waals surface area contributed by atoms with Crippen molar-refractivity contribution < 1.29 is 0 Å². The summed E-state index contributed by atoms with van der Waals surface area (Å²) < 4.78 is 0. The monoisotopic (exact) mass is 201 g/mol. The quantitative estimate of drug-likeness (QED) is 0.782. The second-order valence-electron chi connectivity index (χ2n) is 3.15. The summed E-state index contributed by atoms with van der Waals surface area (Å²) in [7, 11) is 0. The summed E-state index contributed by atoms with van der Waals surface area (Å²) in [6.07, 6.45) is 6.56. The molecule has 0 aromatic carbocycles. The van der Waals surface area contributed by atoms with Gasteiger partial charge in [0, 0.05) is 30.8 Å². The van der Waals surface area contributed by atoms with E-state index < -0.39 is 0 Å². The zero-order valence-electron chi connectivity index (χ0n) is 8.33. The molecule has 2 heterocycles. The van der Waals surface area contributed by atoms with Gasteiger partial charge in [-0.25, -0.2) is 15.0 Å². The van der Waals surface area contributed by atoms with E-state index in [4.69, 9.17) is 5.73 Å². The molecule has 0 unspecified atom stereocenters. The van der Waals surface area contributed by atoms with Gasteiger partial charge in [-0.2, -0.15) is 0 Å². The molecule has 0 saturated carbocycles. The molecule has 5 heteroatoms. The van der Waals surface area contributed by atoms with Crippen LogP contribution < -0.4 is 5.73 Å². The number of aromatic nitrogens is 4. The molecule has 0 fully saturated rings. The number of nitrogens with two attached hydrogens (primary N) is 1. The lowest BCUT2D eigenvalue weighted by Crippen LogP contribution is -2.10. The highest BCUT2D eigenvalue weighted by molar-refractivity contribution is 5.52. The minimum absolute atomic E-state index is 0.183. The van der Waals surface area contributed by atoms with Gasteiger partial charge in [0.2, 0.25) is 0 Å². The van der Waals surface area contributed by atoms with E-state index in [0.717, 1.165) is 0 Å². The third kappa shape index (κ3) is 1.97. The SMILES string of the molecule is C[C@H](N)c1nccnc1-c1ncccn1. The summed E-state index contributed by atoms with van der Waals surface area (Å²) in [5.74, 6) is 0.554. The van der Waals surface area contributed by atoms with Crippen LogP contribution in [0.2, 0.25) is 0 Å². The van der Waals surface area contributed by atoms with E-state index in [-0.39, 0.29) is 6.04 Å². The van der Waals surface area contributed by atoms with Gasteiger partial charge in [0.25, 0.3) is 0 Å². The summed E-state index contributed by atoms with van der Waals surface area (Å²) in [6.45, 7) is 1.86. The zero-order chi connectivity index (χ0) is 10.7. The zero-order valence-corrected chi connectivity index (χ0v) is 8.33. The fraction of sp³-hybridized carbons (Fsp3) is 0.200. The largest absolute Gasteiger partial charge is 0.323 e. The van der Waals surface area contributed by atoms with E-state index >= 15 is 0 Å². The first-order chi connectivity index (χ1) is 7.29. The van der Waals surface area contributed by atoms with Crippen LogP contribution in [-0.2, 0) is 0 Å². The third-order valence-electron chi connectivity index (χ3n) is 1.94. The Labute approximate surface area is 87.4 Å². The van der Waals surface area contributed by atoms with E-state index in [1.165, 1.54) is 0 Å². The van der Waals surface area contributed by atoms with Crippen molar-refractivity contribution in [3.05, 3.63) is 36.5 Å². The van der Waals surface area contributed by atoms with Crippen LogP contribution in [0.4, 0.5) is 0 Å². The molecule has 2 rings (SSSR count). The molecule has 0 radical (unpaired) electrons. The lowest BCUT2D eigenvalue weighted by molar-refractivity contribution is 0.773. The van der Waals surface area contributed by atoms with Crippen LogP contribution in [0, 0.1) is 0 Å². The van der Waals surface area contributed by atoms with Gasteiger partial charge in [-0.1, -0.05) is 0 Å². The molecule has 0 spiro atoms. The molecule has 0 bridgehead atoms. The van der Waals surface area contributed by atoms with E-state index in [2.05, 4.69) is 19.9 Å². The Morgan fingerprint density at radius 1 is 1.00 bits per heavy atom. The van der Waals surface area contributed by atoms with Crippen LogP contribution in [0.5, 0.6) is 0 Å². The molecule has 76 valence electrons. The highest BCUT2D eigenvalue weighted by Gasteiger charge is 2.12. The molecular weight excluding hydrogens is 190 g/mol. The van der Waals surface area contributed by atoms with Crippen LogP contribution in [0.25, 0.3) is 11.5 Å². The lowest BCUT2D eigenvalue weighted by atomic mass is 10.2. The molecule has 0 aliphatic carbocycles. The van der Waals surface area contributed by atoms with Gasteiger partial charge >= 0.3 is 0 Å². The number of rotatable bonds is 2. The molecule has 2 aromatic heterocycles. The van der Waals surface area contributed by atoms with E-state index in [9.17, 15) is 0 Å². The second-order valence-corrected chi connectivity index (χ2v) is 3.15. The van der Waals surface area contributed by atoms with Crippen molar-refractivity contribution in [3.63, 3.8) is 0 Å². The molecule has 0 saturated heterocycles. The van der Waals surface area contributed by atoms with E-state index in [1.807, 2.05) is 6.92 Å². The summed E-state index contributed by atoms with van der Waals surface area (Å²) in [5.41, 5.74) is 7.15.